The number of hydrogen-bond donors (Lipinski definition) is 1. The highest BCUT2D eigenvalue weighted by Crippen LogP contribution is 2.33. The first-order chi connectivity index (χ1) is 8.91. The monoisotopic (exact) mass is 269 g/mol. The first kappa shape index (κ1) is 16.1. The molecule has 5 heteroatoms. The van der Waals surface area contributed by atoms with E-state index < -0.39 is 0 Å². The van der Waals surface area contributed by atoms with E-state index in [2.05, 4.69) is 0 Å². The molecule has 1 aliphatic rings. The second-order valence-corrected chi connectivity index (χ2v) is 5.89. The number of likely N-dealkylation sites (N-methyl/N-ethyl adjacent to an activating group) is 1. The van der Waals surface area contributed by atoms with E-state index in [1.807, 2.05) is 19.0 Å². The van der Waals surface area contributed by atoms with Crippen molar-refractivity contribution in [2.24, 2.45) is 17.7 Å². The van der Waals surface area contributed by atoms with Gasteiger partial charge in [-0.15, -0.1) is 0 Å². The molecule has 1 aliphatic carbocycles. The standard InChI is InChI=1S/C14H27N3O2/c1-11(18)10-12-6-4-5-7-13(12)14(19)17(15)9-8-16(2)3/h12-13H,4-10,15H2,1-3H3/t12-,13-/m0/s1. The summed E-state index contributed by atoms with van der Waals surface area (Å²) < 4.78 is 0. The molecule has 2 N–H and O–H groups in total. The number of rotatable bonds is 6. The molecular formula is C14H27N3O2. The Labute approximate surface area is 116 Å². The SMILES string of the molecule is CC(=O)C[C@@H]1CCCC[C@@H]1C(=O)N(N)CCN(C)C. The Kier molecular flexibility index (Phi) is 6.45. The van der Waals surface area contributed by atoms with Crippen LogP contribution >= 0.6 is 0 Å². The number of nitrogens with two attached hydrogens (primary N) is 1. The molecule has 110 valence electrons. The molecule has 0 aromatic rings. The topological polar surface area (TPSA) is 66.6 Å². The number of hydrazine groups is 1. The maximum Gasteiger partial charge on any atom is 0.239 e. The number of hydrogen-bond acceptors (Lipinski definition) is 4. The van der Waals surface area contributed by atoms with E-state index in [0.717, 1.165) is 32.2 Å². The highest BCUT2D eigenvalue weighted by molar-refractivity contribution is 5.81. The van der Waals surface area contributed by atoms with Crippen LogP contribution in [0.1, 0.15) is 39.0 Å². The first-order valence-electron chi connectivity index (χ1n) is 7.12. The number of nitrogens with zero attached hydrogens (tertiary/aromatic N) is 2. The minimum Gasteiger partial charge on any atom is -0.308 e. The molecule has 0 aliphatic heterocycles. The molecule has 0 saturated heterocycles. The summed E-state index contributed by atoms with van der Waals surface area (Å²) in [5.41, 5.74) is 0. The fourth-order valence-corrected chi connectivity index (χ4v) is 2.78. The van der Waals surface area contributed by atoms with Crippen molar-refractivity contribution in [1.82, 2.24) is 9.91 Å². The van der Waals surface area contributed by atoms with Crippen LogP contribution in [0, 0.1) is 11.8 Å². The smallest absolute Gasteiger partial charge is 0.239 e. The molecule has 1 rings (SSSR count). The summed E-state index contributed by atoms with van der Waals surface area (Å²) in [6, 6.07) is 0. The van der Waals surface area contributed by atoms with Crippen LogP contribution in [-0.2, 0) is 9.59 Å². The van der Waals surface area contributed by atoms with E-state index >= 15 is 0 Å². The lowest BCUT2D eigenvalue weighted by atomic mass is 9.76. The predicted molar refractivity (Wildman–Crippen MR) is 75.2 cm³/mol. The van der Waals surface area contributed by atoms with Gasteiger partial charge in [0.2, 0.25) is 5.91 Å². The second kappa shape index (κ2) is 7.60. The van der Waals surface area contributed by atoms with Gasteiger partial charge in [0, 0.05) is 25.4 Å². The van der Waals surface area contributed by atoms with Crippen molar-refractivity contribution >= 4 is 11.7 Å². The van der Waals surface area contributed by atoms with Crippen LogP contribution in [0.15, 0.2) is 0 Å². The van der Waals surface area contributed by atoms with Gasteiger partial charge in [0.25, 0.3) is 0 Å². The Morgan fingerprint density at radius 2 is 1.79 bits per heavy atom. The van der Waals surface area contributed by atoms with Gasteiger partial charge in [0.1, 0.15) is 5.78 Å². The first-order valence-corrected chi connectivity index (χ1v) is 7.12. The molecule has 19 heavy (non-hydrogen) atoms. The Hall–Kier alpha value is -0.940. The second-order valence-electron chi connectivity index (χ2n) is 5.89. The van der Waals surface area contributed by atoms with Crippen molar-refractivity contribution in [3.05, 3.63) is 0 Å². The zero-order valence-corrected chi connectivity index (χ0v) is 12.4. The van der Waals surface area contributed by atoms with Crippen molar-refractivity contribution in [2.45, 2.75) is 39.0 Å². The summed E-state index contributed by atoms with van der Waals surface area (Å²) in [6.07, 6.45) is 4.53. The third kappa shape index (κ3) is 5.28. The van der Waals surface area contributed by atoms with Gasteiger partial charge in [0.15, 0.2) is 0 Å². The van der Waals surface area contributed by atoms with Crippen molar-refractivity contribution in [1.29, 1.82) is 0 Å². The van der Waals surface area contributed by atoms with Crippen LogP contribution in [0.25, 0.3) is 0 Å². The van der Waals surface area contributed by atoms with Crippen LogP contribution in [0.2, 0.25) is 0 Å². The maximum atomic E-state index is 12.4. The quantitative estimate of drug-likeness (QED) is 0.444. The fraction of sp³-hybridized carbons (Fsp3) is 0.857. The third-order valence-corrected chi connectivity index (χ3v) is 3.85. The largest absolute Gasteiger partial charge is 0.308 e. The lowest BCUT2D eigenvalue weighted by molar-refractivity contribution is -0.139. The van der Waals surface area contributed by atoms with E-state index in [-0.39, 0.29) is 23.5 Å². The summed E-state index contributed by atoms with van der Waals surface area (Å²) in [4.78, 5) is 25.7. The van der Waals surface area contributed by atoms with Gasteiger partial charge < -0.3 is 9.69 Å². The average molecular weight is 269 g/mol. The molecule has 1 amide bonds. The summed E-state index contributed by atoms with van der Waals surface area (Å²) in [5, 5.41) is 1.34. The maximum absolute atomic E-state index is 12.4. The number of carbonyl (C=O) groups excluding carboxylic acids is 2. The Bertz CT molecular complexity index is 318. The minimum absolute atomic E-state index is 0.00722. The van der Waals surface area contributed by atoms with E-state index in [0.29, 0.717) is 13.0 Å². The molecule has 0 spiro atoms. The number of carbonyl (C=O) groups is 2. The van der Waals surface area contributed by atoms with Crippen molar-refractivity contribution in [3.8, 4) is 0 Å². The van der Waals surface area contributed by atoms with E-state index in [4.69, 9.17) is 5.84 Å². The lowest BCUT2D eigenvalue weighted by Crippen LogP contribution is -2.47. The van der Waals surface area contributed by atoms with Gasteiger partial charge in [0.05, 0.1) is 0 Å². The summed E-state index contributed by atoms with van der Waals surface area (Å²) in [6.45, 7) is 2.89. The molecule has 1 saturated carbocycles. The normalized spacial score (nSPS) is 23.4. The van der Waals surface area contributed by atoms with Crippen LogP contribution < -0.4 is 5.84 Å². The Morgan fingerprint density at radius 3 is 2.37 bits per heavy atom. The average Bonchev–Trinajstić information content (AvgIpc) is 2.35. The number of ketones is 1. The lowest BCUT2D eigenvalue weighted by Gasteiger charge is -2.33. The zero-order valence-electron chi connectivity index (χ0n) is 12.4. The van der Waals surface area contributed by atoms with Gasteiger partial charge in [-0.25, -0.2) is 5.84 Å². The van der Waals surface area contributed by atoms with Crippen LogP contribution in [0.4, 0.5) is 0 Å². The molecule has 2 atom stereocenters. The number of Topliss-reactive ketones (excluding diaryl/α,β-unsaturated/α-hetero) is 1. The van der Waals surface area contributed by atoms with Gasteiger partial charge in [-0.05, 0) is 39.8 Å². The van der Waals surface area contributed by atoms with E-state index in [1.54, 1.807) is 6.92 Å². The summed E-state index contributed by atoms with van der Waals surface area (Å²) in [7, 11) is 3.91. The highest BCUT2D eigenvalue weighted by atomic mass is 16.2. The fourth-order valence-electron chi connectivity index (χ4n) is 2.78. The minimum atomic E-state index is -0.0650. The predicted octanol–water partition coefficient (Wildman–Crippen LogP) is 1.04. The molecular weight excluding hydrogens is 242 g/mol. The Balaban J connectivity index is 2.58. The van der Waals surface area contributed by atoms with Crippen molar-refractivity contribution < 1.29 is 9.59 Å². The molecule has 1 fully saturated rings. The van der Waals surface area contributed by atoms with Crippen LogP contribution in [0.3, 0.4) is 0 Å². The molecule has 0 aromatic carbocycles. The van der Waals surface area contributed by atoms with Crippen molar-refractivity contribution in [2.75, 3.05) is 27.2 Å². The zero-order chi connectivity index (χ0) is 14.4. The molecule has 0 heterocycles. The molecule has 0 unspecified atom stereocenters. The molecule has 0 radical (unpaired) electrons. The van der Waals surface area contributed by atoms with Crippen LogP contribution in [-0.4, -0.2) is 48.8 Å². The Morgan fingerprint density at radius 1 is 1.16 bits per heavy atom. The van der Waals surface area contributed by atoms with E-state index in [1.165, 1.54) is 5.01 Å². The summed E-state index contributed by atoms with van der Waals surface area (Å²) in [5.74, 6) is 6.16. The highest BCUT2D eigenvalue weighted by Gasteiger charge is 2.33. The van der Waals surface area contributed by atoms with Gasteiger partial charge in [-0.1, -0.05) is 12.8 Å². The molecule has 0 bridgehead atoms. The van der Waals surface area contributed by atoms with Crippen molar-refractivity contribution in [3.63, 3.8) is 0 Å². The van der Waals surface area contributed by atoms with Gasteiger partial charge in [-0.2, -0.15) is 0 Å². The van der Waals surface area contributed by atoms with E-state index in [9.17, 15) is 9.59 Å². The van der Waals surface area contributed by atoms with Gasteiger partial charge >= 0.3 is 0 Å². The number of amides is 1. The van der Waals surface area contributed by atoms with Crippen LogP contribution in [0.5, 0.6) is 0 Å². The summed E-state index contributed by atoms with van der Waals surface area (Å²) >= 11 is 0. The third-order valence-electron chi connectivity index (χ3n) is 3.85. The molecule has 5 nitrogen and oxygen atoms in total. The molecule has 0 aromatic heterocycles. The van der Waals surface area contributed by atoms with Gasteiger partial charge in [-0.3, -0.25) is 9.80 Å².